The molecule has 0 amide bonds. The van der Waals surface area contributed by atoms with Crippen molar-refractivity contribution >= 4 is 0 Å². The average Bonchev–Trinajstić information content (AvgIpc) is 2.71. The lowest BCUT2D eigenvalue weighted by Gasteiger charge is -2.00. The molecule has 0 atom stereocenters. The van der Waals surface area contributed by atoms with Crippen LogP contribution in [0.2, 0.25) is 0 Å². The van der Waals surface area contributed by atoms with Crippen LogP contribution in [0, 0.1) is 6.92 Å². The fraction of sp³-hybridized carbons (Fsp3) is 0.250. The molecule has 0 bridgehead atoms. The number of hydrogen-bond acceptors (Lipinski definition) is 4. The first kappa shape index (κ1) is 10.7. The van der Waals surface area contributed by atoms with Crippen molar-refractivity contribution in [2.24, 2.45) is 5.73 Å². The van der Waals surface area contributed by atoms with Gasteiger partial charge >= 0.3 is 0 Å². The van der Waals surface area contributed by atoms with Gasteiger partial charge in [0.2, 0.25) is 5.89 Å². The normalized spacial score (nSPS) is 10.4. The lowest BCUT2D eigenvalue weighted by molar-refractivity contribution is 0.414. The Hall–Kier alpha value is -1.81. The molecule has 0 saturated carbocycles. The lowest BCUT2D eigenvalue weighted by Crippen LogP contribution is -1.95. The topological polar surface area (TPSA) is 61.3 Å². The number of nitrogens with zero attached hydrogens (tertiary/aromatic N) is 1. The second-order valence-electron chi connectivity index (χ2n) is 3.46. The zero-order valence-electron chi connectivity index (χ0n) is 9.36. The zero-order valence-corrected chi connectivity index (χ0v) is 9.36. The summed E-state index contributed by atoms with van der Waals surface area (Å²) in [6, 6.07) is 7.58. The number of ether oxygens (including phenoxy) is 1. The van der Waals surface area contributed by atoms with Crippen LogP contribution in [0.25, 0.3) is 11.5 Å². The smallest absolute Gasteiger partial charge is 0.226 e. The Morgan fingerprint density at radius 3 is 2.88 bits per heavy atom. The molecule has 0 aliphatic carbocycles. The Labute approximate surface area is 94.1 Å². The Balaban J connectivity index is 2.41. The molecule has 0 spiro atoms. The molecule has 0 radical (unpaired) electrons. The van der Waals surface area contributed by atoms with Gasteiger partial charge in [0.05, 0.1) is 19.3 Å². The summed E-state index contributed by atoms with van der Waals surface area (Å²) in [4.78, 5) is 4.32. The molecular weight excluding hydrogens is 204 g/mol. The molecule has 0 aliphatic rings. The summed E-state index contributed by atoms with van der Waals surface area (Å²) in [5.74, 6) is 2.08. The van der Waals surface area contributed by atoms with E-state index in [1.165, 1.54) is 0 Å². The zero-order chi connectivity index (χ0) is 11.5. The van der Waals surface area contributed by atoms with Gasteiger partial charge in [0.25, 0.3) is 0 Å². The van der Waals surface area contributed by atoms with Crippen LogP contribution in [0.15, 0.2) is 28.7 Å². The Morgan fingerprint density at radius 1 is 1.44 bits per heavy atom. The monoisotopic (exact) mass is 218 g/mol. The average molecular weight is 218 g/mol. The standard InChI is InChI=1S/C12H14N2O2/c1-8-11(7-13)16-12(14-8)9-4-3-5-10(6-9)15-2/h3-6H,7,13H2,1-2H3. The van der Waals surface area contributed by atoms with E-state index in [1.54, 1.807) is 7.11 Å². The van der Waals surface area contributed by atoms with Crippen molar-refractivity contribution in [2.75, 3.05) is 7.11 Å². The molecular formula is C12H14N2O2. The van der Waals surface area contributed by atoms with E-state index in [2.05, 4.69) is 4.98 Å². The Morgan fingerprint density at radius 2 is 2.25 bits per heavy atom. The van der Waals surface area contributed by atoms with Crippen molar-refractivity contribution < 1.29 is 9.15 Å². The molecule has 0 fully saturated rings. The number of oxazole rings is 1. The third kappa shape index (κ3) is 1.92. The third-order valence-corrected chi connectivity index (χ3v) is 2.39. The molecule has 4 heteroatoms. The molecule has 2 rings (SSSR count). The first-order valence-electron chi connectivity index (χ1n) is 5.05. The van der Waals surface area contributed by atoms with Gasteiger partial charge in [0.1, 0.15) is 11.5 Å². The van der Waals surface area contributed by atoms with Gasteiger partial charge in [-0.15, -0.1) is 0 Å². The van der Waals surface area contributed by atoms with E-state index in [0.29, 0.717) is 12.4 Å². The summed E-state index contributed by atoms with van der Waals surface area (Å²) < 4.78 is 10.7. The summed E-state index contributed by atoms with van der Waals surface area (Å²) in [6.07, 6.45) is 0. The number of methoxy groups -OCH3 is 1. The minimum atomic E-state index is 0.364. The minimum absolute atomic E-state index is 0.364. The van der Waals surface area contributed by atoms with Crippen molar-refractivity contribution in [3.05, 3.63) is 35.7 Å². The summed E-state index contributed by atoms with van der Waals surface area (Å²) in [5.41, 5.74) is 7.26. The Bertz CT molecular complexity index is 492. The first-order chi connectivity index (χ1) is 7.74. The van der Waals surface area contributed by atoms with Gasteiger partial charge < -0.3 is 14.9 Å². The van der Waals surface area contributed by atoms with Crippen LogP contribution < -0.4 is 10.5 Å². The highest BCUT2D eigenvalue weighted by Gasteiger charge is 2.10. The van der Waals surface area contributed by atoms with Crippen LogP contribution in [-0.2, 0) is 6.54 Å². The van der Waals surface area contributed by atoms with Crippen LogP contribution >= 0.6 is 0 Å². The highest BCUT2D eigenvalue weighted by Crippen LogP contribution is 2.24. The largest absolute Gasteiger partial charge is 0.497 e. The number of rotatable bonds is 3. The number of hydrogen-bond donors (Lipinski definition) is 1. The van der Waals surface area contributed by atoms with Gasteiger partial charge in [-0.05, 0) is 25.1 Å². The minimum Gasteiger partial charge on any atom is -0.497 e. The lowest BCUT2D eigenvalue weighted by atomic mass is 10.2. The molecule has 4 nitrogen and oxygen atoms in total. The van der Waals surface area contributed by atoms with Crippen LogP contribution in [0.3, 0.4) is 0 Å². The van der Waals surface area contributed by atoms with Crippen LogP contribution in [-0.4, -0.2) is 12.1 Å². The van der Waals surface area contributed by atoms with Crippen molar-refractivity contribution in [1.82, 2.24) is 4.98 Å². The molecule has 0 saturated heterocycles. The van der Waals surface area contributed by atoms with Crippen LogP contribution in [0.4, 0.5) is 0 Å². The molecule has 2 aromatic rings. The van der Waals surface area contributed by atoms with E-state index >= 15 is 0 Å². The van der Waals surface area contributed by atoms with Gasteiger partial charge in [0.15, 0.2) is 0 Å². The highest BCUT2D eigenvalue weighted by molar-refractivity contribution is 5.56. The number of nitrogens with two attached hydrogens (primary N) is 1. The summed E-state index contributed by atoms with van der Waals surface area (Å²) in [5, 5.41) is 0. The highest BCUT2D eigenvalue weighted by atomic mass is 16.5. The third-order valence-electron chi connectivity index (χ3n) is 2.39. The van der Waals surface area contributed by atoms with E-state index in [1.807, 2.05) is 31.2 Å². The Kier molecular flexibility index (Phi) is 2.92. The van der Waals surface area contributed by atoms with E-state index < -0.39 is 0 Å². The molecule has 2 N–H and O–H groups in total. The van der Waals surface area contributed by atoms with Crippen LogP contribution in [0.5, 0.6) is 5.75 Å². The van der Waals surface area contributed by atoms with E-state index in [0.717, 1.165) is 22.8 Å². The van der Waals surface area contributed by atoms with E-state index in [9.17, 15) is 0 Å². The predicted molar refractivity (Wildman–Crippen MR) is 61.1 cm³/mol. The van der Waals surface area contributed by atoms with Gasteiger partial charge in [-0.2, -0.15) is 0 Å². The molecule has 16 heavy (non-hydrogen) atoms. The summed E-state index contributed by atoms with van der Waals surface area (Å²) in [7, 11) is 1.63. The van der Waals surface area contributed by atoms with Crippen molar-refractivity contribution in [1.29, 1.82) is 0 Å². The fourth-order valence-corrected chi connectivity index (χ4v) is 1.50. The first-order valence-corrected chi connectivity index (χ1v) is 5.05. The fourth-order valence-electron chi connectivity index (χ4n) is 1.50. The summed E-state index contributed by atoms with van der Waals surface area (Å²) >= 11 is 0. The maximum Gasteiger partial charge on any atom is 0.226 e. The van der Waals surface area contributed by atoms with E-state index in [-0.39, 0.29) is 0 Å². The molecule has 84 valence electrons. The second-order valence-corrected chi connectivity index (χ2v) is 3.46. The van der Waals surface area contributed by atoms with Gasteiger partial charge in [-0.25, -0.2) is 4.98 Å². The van der Waals surface area contributed by atoms with Crippen molar-refractivity contribution in [3.63, 3.8) is 0 Å². The number of benzene rings is 1. The predicted octanol–water partition coefficient (Wildman–Crippen LogP) is 2.12. The SMILES string of the molecule is COc1cccc(-c2nc(C)c(CN)o2)c1. The maximum absolute atomic E-state index is 5.56. The van der Waals surface area contributed by atoms with Crippen LogP contribution in [0.1, 0.15) is 11.5 Å². The number of aryl methyl sites for hydroxylation is 1. The van der Waals surface area contributed by atoms with Crippen molar-refractivity contribution in [3.8, 4) is 17.2 Å². The molecule has 0 unspecified atom stereocenters. The van der Waals surface area contributed by atoms with E-state index in [4.69, 9.17) is 14.9 Å². The second kappa shape index (κ2) is 4.37. The quantitative estimate of drug-likeness (QED) is 0.857. The number of aromatic nitrogens is 1. The maximum atomic E-state index is 5.56. The van der Waals surface area contributed by atoms with Crippen molar-refractivity contribution in [2.45, 2.75) is 13.5 Å². The van der Waals surface area contributed by atoms with Gasteiger partial charge in [0, 0.05) is 5.56 Å². The molecule has 1 aromatic heterocycles. The summed E-state index contributed by atoms with van der Waals surface area (Å²) in [6.45, 7) is 2.25. The molecule has 0 aliphatic heterocycles. The molecule has 1 aromatic carbocycles. The van der Waals surface area contributed by atoms with Gasteiger partial charge in [-0.1, -0.05) is 6.07 Å². The van der Waals surface area contributed by atoms with Gasteiger partial charge in [-0.3, -0.25) is 0 Å². The molecule has 1 heterocycles.